The molecule has 3 rings (SSSR count). The molecule has 0 unspecified atom stereocenters. The van der Waals surface area contributed by atoms with Crippen molar-refractivity contribution in [3.8, 4) is 0 Å². The Morgan fingerprint density at radius 3 is 2.63 bits per heavy atom. The quantitative estimate of drug-likeness (QED) is 0.701. The van der Waals surface area contributed by atoms with Crippen molar-refractivity contribution in [3.05, 3.63) is 44.8 Å². The molecular formula is C17H22N4O4S2. The molecule has 1 amide bonds. The fraction of sp³-hybridized carbons (Fsp3) is 0.471. The van der Waals surface area contributed by atoms with Gasteiger partial charge in [0.15, 0.2) is 0 Å². The molecule has 1 aliphatic rings. The van der Waals surface area contributed by atoms with E-state index in [2.05, 4.69) is 4.98 Å². The summed E-state index contributed by atoms with van der Waals surface area (Å²) in [4.78, 5) is 29.9. The molecule has 1 fully saturated rings. The first-order valence-electron chi connectivity index (χ1n) is 8.61. The van der Waals surface area contributed by atoms with Gasteiger partial charge in [-0.1, -0.05) is 0 Å². The average molecular weight is 411 g/mol. The molecule has 1 aliphatic heterocycles. The van der Waals surface area contributed by atoms with E-state index in [4.69, 9.17) is 0 Å². The van der Waals surface area contributed by atoms with Gasteiger partial charge in [-0.2, -0.15) is 4.31 Å². The summed E-state index contributed by atoms with van der Waals surface area (Å²) in [6, 6.07) is 2.63. The molecule has 2 aromatic heterocycles. The highest BCUT2D eigenvalue weighted by Gasteiger charge is 2.27. The third kappa shape index (κ3) is 4.45. The number of hydrogen-bond acceptors (Lipinski definition) is 6. The van der Waals surface area contributed by atoms with Gasteiger partial charge in [0.05, 0.1) is 23.6 Å². The second-order valence-corrected chi connectivity index (χ2v) is 9.52. The van der Waals surface area contributed by atoms with E-state index in [-0.39, 0.29) is 29.3 Å². The number of carbonyl (C=O) groups excluding carboxylic acids is 1. The lowest BCUT2D eigenvalue weighted by atomic mass is 10.4. The molecule has 0 spiro atoms. The first-order valence-corrected chi connectivity index (χ1v) is 10.9. The normalized spacial score (nSPS) is 15.2. The fourth-order valence-corrected chi connectivity index (χ4v) is 5.14. The van der Waals surface area contributed by atoms with E-state index in [1.54, 1.807) is 19.5 Å². The lowest BCUT2D eigenvalue weighted by Crippen LogP contribution is -2.29. The van der Waals surface area contributed by atoms with Crippen LogP contribution in [0.3, 0.4) is 0 Å². The van der Waals surface area contributed by atoms with Crippen LogP contribution in [-0.2, 0) is 27.8 Å². The van der Waals surface area contributed by atoms with Crippen LogP contribution in [0.2, 0.25) is 0 Å². The molecule has 146 valence electrons. The highest BCUT2D eigenvalue weighted by molar-refractivity contribution is 7.89. The Morgan fingerprint density at radius 1 is 1.26 bits per heavy atom. The van der Waals surface area contributed by atoms with Crippen LogP contribution in [0, 0.1) is 0 Å². The van der Waals surface area contributed by atoms with Gasteiger partial charge in [-0.15, -0.1) is 11.3 Å². The van der Waals surface area contributed by atoms with E-state index in [1.807, 2.05) is 0 Å². The maximum Gasteiger partial charge on any atom is 0.250 e. The molecule has 2 aromatic rings. The molecular weight excluding hydrogens is 388 g/mol. The Hall–Kier alpha value is -2.04. The van der Waals surface area contributed by atoms with Crippen molar-refractivity contribution in [2.24, 2.45) is 0 Å². The van der Waals surface area contributed by atoms with Crippen LogP contribution < -0.4 is 5.56 Å². The zero-order valence-corrected chi connectivity index (χ0v) is 16.9. The van der Waals surface area contributed by atoms with Gasteiger partial charge < -0.3 is 9.47 Å². The lowest BCUT2D eigenvalue weighted by Gasteiger charge is -2.16. The van der Waals surface area contributed by atoms with Gasteiger partial charge in [0.25, 0.3) is 5.56 Å². The summed E-state index contributed by atoms with van der Waals surface area (Å²) in [6.07, 6.45) is 3.29. The van der Waals surface area contributed by atoms with Gasteiger partial charge in [0.2, 0.25) is 15.9 Å². The van der Waals surface area contributed by atoms with E-state index < -0.39 is 10.0 Å². The highest BCUT2D eigenvalue weighted by atomic mass is 32.2. The first-order chi connectivity index (χ1) is 12.8. The second-order valence-electron chi connectivity index (χ2n) is 6.64. The number of hydrogen-bond donors (Lipinski definition) is 0. The van der Waals surface area contributed by atoms with E-state index in [0.29, 0.717) is 23.8 Å². The number of carbonyl (C=O) groups is 1. The number of rotatable bonds is 6. The summed E-state index contributed by atoms with van der Waals surface area (Å²) >= 11 is 1.35. The standard InChI is InChI=1S/C17H22N4O4S2/c1-19(2)17(23)9-15-18-13(12-26-15)10-20-11-14(5-6-16(20)22)27(24,25)21-7-3-4-8-21/h5-6,11-12H,3-4,7-10H2,1-2H3. The minimum absolute atomic E-state index is 0.0493. The fourth-order valence-electron chi connectivity index (χ4n) is 2.83. The summed E-state index contributed by atoms with van der Waals surface area (Å²) in [5.41, 5.74) is 0.327. The van der Waals surface area contributed by atoms with E-state index in [0.717, 1.165) is 12.8 Å². The zero-order valence-electron chi connectivity index (χ0n) is 15.3. The molecule has 10 heteroatoms. The number of likely N-dealkylation sites (N-methyl/N-ethyl adjacent to an activating group) is 1. The molecule has 0 bridgehead atoms. The summed E-state index contributed by atoms with van der Waals surface area (Å²) in [6.45, 7) is 1.18. The van der Waals surface area contributed by atoms with E-state index in [1.165, 1.54) is 43.4 Å². The van der Waals surface area contributed by atoms with Gasteiger partial charge in [0, 0.05) is 44.8 Å². The molecule has 0 atom stereocenters. The van der Waals surface area contributed by atoms with Crippen LogP contribution in [0.1, 0.15) is 23.5 Å². The van der Waals surface area contributed by atoms with Crippen molar-refractivity contribution in [3.63, 3.8) is 0 Å². The van der Waals surface area contributed by atoms with Crippen LogP contribution in [-0.4, -0.2) is 60.3 Å². The third-order valence-electron chi connectivity index (χ3n) is 4.39. The van der Waals surface area contributed by atoms with Crippen LogP contribution in [0.25, 0.3) is 0 Å². The van der Waals surface area contributed by atoms with Gasteiger partial charge >= 0.3 is 0 Å². The molecule has 0 saturated carbocycles. The molecule has 27 heavy (non-hydrogen) atoms. The van der Waals surface area contributed by atoms with Crippen molar-refractivity contribution in [2.45, 2.75) is 30.7 Å². The predicted octanol–water partition coefficient (Wildman–Crippen LogP) is 0.768. The smallest absolute Gasteiger partial charge is 0.250 e. The monoisotopic (exact) mass is 410 g/mol. The summed E-state index contributed by atoms with van der Waals surface area (Å²) < 4.78 is 28.2. The molecule has 0 N–H and O–H groups in total. The topological polar surface area (TPSA) is 92.6 Å². The largest absolute Gasteiger partial charge is 0.348 e. The van der Waals surface area contributed by atoms with Crippen molar-refractivity contribution < 1.29 is 13.2 Å². The number of sulfonamides is 1. The Labute approximate surface area is 162 Å². The molecule has 8 nitrogen and oxygen atoms in total. The predicted molar refractivity (Wildman–Crippen MR) is 102 cm³/mol. The van der Waals surface area contributed by atoms with Gasteiger partial charge in [-0.25, -0.2) is 13.4 Å². The van der Waals surface area contributed by atoms with Crippen LogP contribution in [0.5, 0.6) is 0 Å². The third-order valence-corrected chi connectivity index (χ3v) is 7.17. The number of thiazole rings is 1. The van der Waals surface area contributed by atoms with Crippen molar-refractivity contribution in [1.82, 2.24) is 18.8 Å². The Morgan fingerprint density at radius 2 is 1.96 bits per heavy atom. The molecule has 0 radical (unpaired) electrons. The van der Waals surface area contributed by atoms with Crippen LogP contribution >= 0.6 is 11.3 Å². The number of nitrogens with zero attached hydrogens (tertiary/aromatic N) is 4. The van der Waals surface area contributed by atoms with Crippen LogP contribution in [0.15, 0.2) is 33.4 Å². The highest BCUT2D eigenvalue weighted by Crippen LogP contribution is 2.20. The minimum Gasteiger partial charge on any atom is -0.348 e. The lowest BCUT2D eigenvalue weighted by molar-refractivity contribution is -0.127. The van der Waals surface area contributed by atoms with Crippen molar-refractivity contribution in [1.29, 1.82) is 0 Å². The van der Waals surface area contributed by atoms with Crippen LogP contribution in [0.4, 0.5) is 0 Å². The Balaban J connectivity index is 1.80. The van der Waals surface area contributed by atoms with Crippen molar-refractivity contribution in [2.75, 3.05) is 27.2 Å². The maximum atomic E-state index is 12.7. The second kappa shape index (κ2) is 7.91. The number of amides is 1. The minimum atomic E-state index is -3.58. The van der Waals surface area contributed by atoms with Gasteiger partial charge in [-0.05, 0) is 18.9 Å². The molecule has 1 saturated heterocycles. The van der Waals surface area contributed by atoms with E-state index in [9.17, 15) is 18.0 Å². The van der Waals surface area contributed by atoms with E-state index >= 15 is 0 Å². The molecule has 0 aliphatic carbocycles. The Kier molecular flexibility index (Phi) is 5.78. The first kappa shape index (κ1) is 19.7. The molecule has 3 heterocycles. The van der Waals surface area contributed by atoms with Gasteiger partial charge in [0.1, 0.15) is 5.01 Å². The number of aromatic nitrogens is 2. The Bertz CT molecular complexity index is 988. The SMILES string of the molecule is CN(C)C(=O)Cc1nc(Cn2cc(S(=O)(=O)N3CCCC3)ccc2=O)cs1. The number of pyridine rings is 1. The van der Waals surface area contributed by atoms with Gasteiger partial charge in [-0.3, -0.25) is 9.59 Å². The summed E-state index contributed by atoms with van der Waals surface area (Å²) in [5, 5.41) is 2.45. The summed E-state index contributed by atoms with van der Waals surface area (Å²) in [5.74, 6) is -0.0493. The van der Waals surface area contributed by atoms with Crippen molar-refractivity contribution >= 4 is 27.3 Å². The summed E-state index contributed by atoms with van der Waals surface area (Å²) in [7, 11) is -0.218. The maximum absolute atomic E-state index is 12.7. The zero-order chi connectivity index (χ0) is 19.6. The average Bonchev–Trinajstić information content (AvgIpc) is 3.29. The molecule has 0 aromatic carbocycles.